The zero-order valence-corrected chi connectivity index (χ0v) is 15.5. The standard InChI is InChI=1S/C22H24FN3O/c1-2-14-6-7-19-18(12-14)17-9-11-26(20(27)8-10-24)22(21(17)25-19)15-4-3-5-16(23)13-15/h3-7,12-13,22,25H,2,8-11,24H2,1H3. The molecular formula is C22H24FN3O. The number of rotatable bonds is 4. The van der Waals surface area contributed by atoms with Gasteiger partial charge in [0.1, 0.15) is 5.82 Å². The molecule has 0 aliphatic carbocycles. The summed E-state index contributed by atoms with van der Waals surface area (Å²) in [6.45, 7) is 3.06. The molecular weight excluding hydrogens is 341 g/mol. The van der Waals surface area contributed by atoms with E-state index in [1.54, 1.807) is 6.07 Å². The second-order valence-electron chi connectivity index (χ2n) is 7.08. The van der Waals surface area contributed by atoms with E-state index in [1.165, 1.54) is 28.6 Å². The van der Waals surface area contributed by atoms with E-state index in [1.807, 2.05) is 11.0 Å². The molecule has 4 rings (SSSR count). The highest BCUT2D eigenvalue weighted by Crippen LogP contribution is 2.39. The van der Waals surface area contributed by atoms with Gasteiger partial charge >= 0.3 is 0 Å². The number of amides is 1. The van der Waals surface area contributed by atoms with Crippen molar-refractivity contribution in [2.45, 2.75) is 32.2 Å². The molecule has 0 spiro atoms. The van der Waals surface area contributed by atoms with Crippen molar-refractivity contribution in [2.75, 3.05) is 13.1 Å². The number of hydrogen-bond acceptors (Lipinski definition) is 2. The molecule has 0 bridgehead atoms. The molecule has 0 fully saturated rings. The lowest BCUT2D eigenvalue weighted by Gasteiger charge is -2.36. The van der Waals surface area contributed by atoms with E-state index in [2.05, 4.69) is 30.1 Å². The highest BCUT2D eigenvalue weighted by atomic mass is 19.1. The predicted molar refractivity (Wildman–Crippen MR) is 105 cm³/mol. The maximum absolute atomic E-state index is 13.9. The topological polar surface area (TPSA) is 62.1 Å². The van der Waals surface area contributed by atoms with Crippen LogP contribution in [-0.4, -0.2) is 28.9 Å². The van der Waals surface area contributed by atoms with E-state index < -0.39 is 0 Å². The van der Waals surface area contributed by atoms with Crippen LogP contribution in [0.25, 0.3) is 10.9 Å². The number of aryl methyl sites for hydroxylation is 1. The molecule has 0 saturated heterocycles. The van der Waals surface area contributed by atoms with Crippen molar-refractivity contribution in [2.24, 2.45) is 5.73 Å². The SMILES string of the molecule is CCc1ccc2[nH]c3c(c2c1)CCN(C(=O)CCN)C3c1cccc(F)c1. The lowest BCUT2D eigenvalue weighted by molar-refractivity contribution is -0.133. The van der Waals surface area contributed by atoms with Crippen LogP contribution in [0.15, 0.2) is 42.5 Å². The summed E-state index contributed by atoms with van der Waals surface area (Å²) in [5.74, 6) is -0.291. The number of carbonyl (C=O) groups excluding carboxylic acids is 1. The number of aromatic amines is 1. The van der Waals surface area contributed by atoms with Crippen LogP contribution in [-0.2, 0) is 17.6 Å². The summed E-state index contributed by atoms with van der Waals surface area (Å²) in [5.41, 5.74) is 11.0. The molecule has 1 atom stereocenters. The molecule has 3 aromatic rings. The van der Waals surface area contributed by atoms with Gasteiger partial charge in [-0.15, -0.1) is 0 Å². The largest absolute Gasteiger partial charge is 0.356 e. The number of hydrogen-bond donors (Lipinski definition) is 2. The first-order valence-corrected chi connectivity index (χ1v) is 9.50. The summed E-state index contributed by atoms with van der Waals surface area (Å²) in [7, 11) is 0. The number of nitrogens with one attached hydrogen (secondary N) is 1. The Bertz CT molecular complexity index is 994. The lowest BCUT2D eigenvalue weighted by atomic mass is 9.91. The number of benzene rings is 2. The van der Waals surface area contributed by atoms with Crippen LogP contribution in [0.2, 0.25) is 0 Å². The molecule has 1 aliphatic rings. The molecule has 1 amide bonds. The molecule has 1 aliphatic heterocycles. The third-order valence-electron chi connectivity index (χ3n) is 5.44. The Morgan fingerprint density at radius 2 is 2.15 bits per heavy atom. The van der Waals surface area contributed by atoms with Gasteiger partial charge in [-0.05, 0) is 53.8 Å². The maximum Gasteiger partial charge on any atom is 0.224 e. The van der Waals surface area contributed by atoms with Gasteiger partial charge in [-0.1, -0.05) is 25.1 Å². The summed E-state index contributed by atoms with van der Waals surface area (Å²) in [5, 5.41) is 1.21. The second kappa shape index (κ2) is 7.16. The van der Waals surface area contributed by atoms with Gasteiger partial charge in [-0.2, -0.15) is 0 Å². The second-order valence-corrected chi connectivity index (χ2v) is 7.08. The van der Waals surface area contributed by atoms with Crippen molar-refractivity contribution in [3.8, 4) is 0 Å². The minimum absolute atomic E-state index is 0.00492. The molecule has 2 aromatic carbocycles. The normalized spacial score (nSPS) is 16.6. The van der Waals surface area contributed by atoms with E-state index in [0.717, 1.165) is 29.6 Å². The average Bonchev–Trinajstić information content (AvgIpc) is 3.05. The van der Waals surface area contributed by atoms with Crippen molar-refractivity contribution >= 4 is 16.8 Å². The van der Waals surface area contributed by atoms with Crippen molar-refractivity contribution in [3.05, 3.63) is 70.7 Å². The number of H-pyrrole nitrogens is 1. The monoisotopic (exact) mass is 365 g/mol. The zero-order chi connectivity index (χ0) is 19.0. The first-order chi connectivity index (χ1) is 13.1. The van der Waals surface area contributed by atoms with Crippen LogP contribution >= 0.6 is 0 Å². The minimum atomic E-state index is -0.319. The smallest absolute Gasteiger partial charge is 0.224 e. The van der Waals surface area contributed by atoms with Crippen LogP contribution in [0, 0.1) is 5.82 Å². The van der Waals surface area contributed by atoms with Crippen LogP contribution in [0.5, 0.6) is 0 Å². The average molecular weight is 365 g/mol. The van der Waals surface area contributed by atoms with Crippen molar-refractivity contribution in [1.82, 2.24) is 9.88 Å². The van der Waals surface area contributed by atoms with Gasteiger partial charge in [0, 0.05) is 36.1 Å². The van der Waals surface area contributed by atoms with Gasteiger partial charge in [-0.3, -0.25) is 4.79 Å². The van der Waals surface area contributed by atoms with E-state index in [0.29, 0.717) is 19.5 Å². The van der Waals surface area contributed by atoms with Crippen molar-refractivity contribution in [1.29, 1.82) is 0 Å². The van der Waals surface area contributed by atoms with Gasteiger partial charge in [0.2, 0.25) is 5.91 Å². The fourth-order valence-corrected chi connectivity index (χ4v) is 4.11. The Kier molecular flexibility index (Phi) is 4.70. The quantitative estimate of drug-likeness (QED) is 0.741. The summed E-state index contributed by atoms with van der Waals surface area (Å²) in [6, 6.07) is 12.7. The molecule has 0 radical (unpaired) electrons. The van der Waals surface area contributed by atoms with Gasteiger partial charge in [0.25, 0.3) is 0 Å². The summed E-state index contributed by atoms with van der Waals surface area (Å²) < 4.78 is 13.9. The highest BCUT2D eigenvalue weighted by Gasteiger charge is 2.34. The summed E-state index contributed by atoms with van der Waals surface area (Å²) in [6.07, 6.45) is 2.05. The van der Waals surface area contributed by atoms with Gasteiger partial charge in [-0.25, -0.2) is 4.39 Å². The van der Waals surface area contributed by atoms with Gasteiger partial charge in [0.05, 0.1) is 6.04 Å². The summed E-state index contributed by atoms with van der Waals surface area (Å²) in [4.78, 5) is 18.1. The molecule has 4 nitrogen and oxygen atoms in total. The summed E-state index contributed by atoms with van der Waals surface area (Å²) >= 11 is 0. The van der Waals surface area contributed by atoms with Crippen LogP contribution in [0.4, 0.5) is 4.39 Å². The molecule has 1 unspecified atom stereocenters. The number of halogens is 1. The third kappa shape index (κ3) is 3.12. The van der Waals surface area contributed by atoms with Gasteiger partial charge < -0.3 is 15.6 Å². The molecule has 0 saturated carbocycles. The Hall–Kier alpha value is -2.66. The van der Waals surface area contributed by atoms with Crippen LogP contribution in [0.1, 0.15) is 41.8 Å². The Morgan fingerprint density at radius 1 is 1.30 bits per heavy atom. The first kappa shape index (κ1) is 17.7. The first-order valence-electron chi connectivity index (χ1n) is 9.50. The fourth-order valence-electron chi connectivity index (χ4n) is 4.11. The molecule has 3 N–H and O–H groups in total. The zero-order valence-electron chi connectivity index (χ0n) is 15.5. The molecule has 1 aromatic heterocycles. The van der Waals surface area contributed by atoms with E-state index in [-0.39, 0.29) is 17.8 Å². The minimum Gasteiger partial charge on any atom is -0.356 e. The van der Waals surface area contributed by atoms with E-state index >= 15 is 0 Å². The number of nitrogens with zero attached hydrogens (tertiary/aromatic N) is 1. The van der Waals surface area contributed by atoms with Crippen molar-refractivity contribution < 1.29 is 9.18 Å². The number of nitrogens with two attached hydrogens (primary N) is 1. The van der Waals surface area contributed by atoms with Gasteiger partial charge in [0.15, 0.2) is 0 Å². The maximum atomic E-state index is 13.9. The molecule has 5 heteroatoms. The highest BCUT2D eigenvalue weighted by molar-refractivity contribution is 5.87. The Morgan fingerprint density at radius 3 is 2.89 bits per heavy atom. The van der Waals surface area contributed by atoms with Crippen LogP contribution < -0.4 is 5.73 Å². The van der Waals surface area contributed by atoms with E-state index in [9.17, 15) is 9.18 Å². The number of fused-ring (bicyclic) bond motifs is 3. The molecule has 140 valence electrons. The Balaban J connectivity index is 1.88. The molecule has 27 heavy (non-hydrogen) atoms. The Labute approximate surface area is 158 Å². The third-order valence-corrected chi connectivity index (χ3v) is 5.44. The lowest BCUT2D eigenvalue weighted by Crippen LogP contribution is -2.41. The number of aromatic nitrogens is 1. The van der Waals surface area contributed by atoms with E-state index in [4.69, 9.17) is 5.73 Å². The van der Waals surface area contributed by atoms with Crippen LogP contribution in [0.3, 0.4) is 0 Å². The predicted octanol–water partition coefficient (Wildman–Crippen LogP) is 3.69. The number of carbonyl (C=O) groups is 1. The molecule has 2 heterocycles. The fraction of sp³-hybridized carbons (Fsp3) is 0.318. The van der Waals surface area contributed by atoms with Crippen molar-refractivity contribution in [3.63, 3.8) is 0 Å².